The van der Waals surface area contributed by atoms with Crippen LogP contribution in [0.1, 0.15) is 72.1 Å². The first-order chi connectivity index (χ1) is 9.71. The molecule has 2 N–H and O–H groups in total. The monoisotopic (exact) mass is 284 g/mol. The number of rotatable bonds is 10. The van der Waals surface area contributed by atoms with E-state index in [0.717, 1.165) is 25.4 Å². The van der Waals surface area contributed by atoms with Gasteiger partial charge in [0, 0.05) is 11.6 Å². The smallest absolute Gasteiger partial charge is 0.0613 e. The van der Waals surface area contributed by atoms with Gasteiger partial charge in [-0.1, -0.05) is 40.0 Å². The van der Waals surface area contributed by atoms with Crippen LogP contribution < -0.4 is 5.32 Å². The van der Waals surface area contributed by atoms with Gasteiger partial charge in [-0.2, -0.15) is 0 Å². The average molecular weight is 284 g/mol. The molecule has 0 aromatic rings. The molecule has 1 aliphatic carbocycles. The molecule has 20 heavy (non-hydrogen) atoms. The van der Waals surface area contributed by atoms with Gasteiger partial charge in [0.2, 0.25) is 0 Å². The standard InChI is InChI=1S/C17H36N2O/c1-4-17(15-20,18-5-2)13-10-14-19(6-3)16-11-8-7-9-12-16/h16,18,20H,4-15H2,1-3H3. The van der Waals surface area contributed by atoms with Crippen molar-refractivity contribution >= 4 is 0 Å². The maximum Gasteiger partial charge on any atom is 0.0613 e. The van der Waals surface area contributed by atoms with Crippen LogP contribution in [0.4, 0.5) is 0 Å². The molecule has 120 valence electrons. The predicted molar refractivity (Wildman–Crippen MR) is 87.1 cm³/mol. The summed E-state index contributed by atoms with van der Waals surface area (Å²) in [4.78, 5) is 2.67. The highest BCUT2D eigenvalue weighted by atomic mass is 16.3. The Morgan fingerprint density at radius 3 is 2.35 bits per heavy atom. The Morgan fingerprint density at radius 2 is 1.85 bits per heavy atom. The maximum atomic E-state index is 9.70. The van der Waals surface area contributed by atoms with Crippen molar-refractivity contribution in [1.29, 1.82) is 0 Å². The van der Waals surface area contributed by atoms with E-state index < -0.39 is 0 Å². The molecule has 1 aliphatic rings. The van der Waals surface area contributed by atoms with E-state index in [-0.39, 0.29) is 12.1 Å². The van der Waals surface area contributed by atoms with Crippen LogP contribution in [0.25, 0.3) is 0 Å². The van der Waals surface area contributed by atoms with E-state index in [1.807, 2.05) is 0 Å². The Hall–Kier alpha value is -0.120. The van der Waals surface area contributed by atoms with Gasteiger partial charge in [-0.05, 0) is 51.7 Å². The Labute approximate surface area is 126 Å². The number of hydrogen-bond acceptors (Lipinski definition) is 3. The third kappa shape index (κ3) is 5.34. The molecule has 0 heterocycles. The minimum absolute atomic E-state index is 0.0548. The summed E-state index contributed by atoms with van der Waals surface area (Å²) in [5.74, 6) is 0. The molecule has 0 bridgehead atoms. The third-order valence-corrected chi connectivity index (χ3v) is 5.13. The van der Waals surface area contributed by atoms with Gasteiger partial charge >= 0.3 is 0 Å². The quantitative estimate of drug-likeness (QED) is 0.647. The molecule has 1 atom stereocenters. The zero-order valence-corrected chi connectivity index (χ0v) is 14.0. The SMILES string of the molecule is CCNC(CC)(CO)CCCN(CC)C1CCCCC1. The largest absolute Gasteiger partial charge is 0.394 e. The van der Waals surface area contributed by atoms with Gasteiger partial charge < -0.3 is 15.3 Å². The van der Waals surface area contributed by atoms with Crippen molar-refractivity contribution in [3.63, 3.8) is 0 Å². The van der Waals surface area contributed by atoms with Gasteiger partial charge in [0.1, 0.15) is 0 Å². The minimum Gasteiger partial charge on any atom is -0.394 e. The molecule has 0 radical (unpaired) electrons. The van der Waals surface area contributed by atoms with Crippen LogP contribution >= 0.6 is 0 Å². The summed E-state index contributed by atoms with van der Waals surface area (Å²) in [7, 11) is 0. The minimum atomic E-state index is -0.0548. The molecule has 0 aromatic heterocycles. The lowest BCUT2D eigenvalue weighted by molar-refractivity contribution is 0.125. The van der Waals surface area contributed by atoms with Crippen molar-refractivity contribution in [3.8, 4) is 0 Å². The van der Waals surface area contributed by atoms with Crippen molar-refractivity contribution in [1.82, 2.24) is 10.2 Å². The number of aliphatic hydroxyl groups is 1. The van der Waals surface area contributed by atoms with Crippen LogP contribution in [-0.4, -0.2) is 47.8 Å². The lowest BCUT2D eigenvalue weighted by atomic mass is 9.90. The molecule has 0 saturated heterocycles. The lowest BCUT2D eigenvalue weighted by Crippen LogP contribution is -2.48. The second-order valence-electron chi connectivity index (χ2n) is 6.35. The van der Waals surface area contributed by atoms with Crippen LogP contribution in [0.5, 0.6) is 0 Å². The van der Waals surface area contributed by atoms with Gasteiger partial charge in [-0.25, -0.2) is 0 Å². The van der Waals surface area contributed by atoms with E-state index in [0.29, 0.717) is 0 Å². The Kier molecular flexibility index (Phi) is 8.74. The molecule has 1 rings (SSSR count). The molecule has 0 amide bonds. The molecule has 0 aliphatic heterocycles. The topological polar surface area (TPSA) is 35.5 Å². The molecule has 0 aromatic carbocycles. The Bertz CT molecular complexity index is 235. The fourth-order valence-electron chi connectivity index (χ4n) is 3.68. The van der Waals surface area contributed by atoms with Crippen LogP contribution in [-0.2, 0) is 0 Å². The first kappa shape index (κ1) is 17.9. The molecule has 1 fully saturated rings. The average Bonchev–Trinajstić information content (AvgIpc) is 2.51. The fraction of sp³-hybridized carbons (Fsp3) is 1.00. The van der Waals surface area contributed by atoms with Crippen molar-refractivity contribution in [2.45, 2.75) is 83.7 Å². The molecule has 0 spiro atoms. The van der Waals surface area contributed by atoms with E-state index in [1.165, 1.54) is 51.6 Å². The molecule has 1 unspecified atom stereocenters. The number of hydrogen-bond donors (Lipinski definition) is 2. The molecule has 3 heteroatoms. The van der Waals surface area contributed by atoms with Crippen molar-refractivity contribution < 1.29 is 5.11 Å². The highest BCUT2D eigenvalue weighted by molar-refractivity contribution is 4.86. The summed E-state index contributed by atoms with van der Waals surface area (Å²) in [5, 5.41) is 13.2. The predicted octanol–water partition coefficient (Wildman–Crippen LogP) is 3.17. The summed E-state index contributed by atoms with van der Waals surface area (Å²) in [5.41, 5.74) is -0.0548. The van der Waals surface area contributed by atoms with Crippen molar-refractivity contribution in [2.75, 3.05) is 26.2 Å². The zero-order valence-electron chi connectivity index (χ0n) is 14.0. The van der Waals surface area contributed by atoms with E-state index >= 15 is 0 Å². The fourth-order valence-corrected chi connectivity index (χ4v) is 3.68. The summed E-state index contributed by atoms with van der Waals surface area (Å²) in [6.45, 7) is 10.1. The molecule has 1 saturated carbocycles. The van der Waals surface area contributed by atoms with Gasteiger partial charge in [-0.3, -0.25) is 0 Å². The number of aliphatic hydroxyl groups excluding tert-OH is 1. The number of likely N-dealkylation sites (N-methyl/N-ethyl adjacent to an activating group) is 1. The molecule has 3 nitrogen and oxygen atoms in total. The van der Waals surface area contributed by atoms with E-state index in [1.54, 1.807) is 0 Å². The van der Waals surface area contributed by atoms with Gasteiger partial charge in [0.05, 0.1) is 6.61 Å². The first-order valence-corrected chi connectivity index (χ1v) is 8.81. The second kappa shape index (κ2) is 9.75. The van der Waals surface area contributed by atoms with Crippen molar-refractivity contribution in [3.05, 3.63) is 0 Å². The van der Waals surface area contributed by atoms with Gasteiger partial charge in [0.25, 0.3) is 0 Å². The summed E-state index contributed by atoms with van der Waals surface area (Å²) < 4.78 is 0. The van der Waals surface area contributed by atoms with Crippen LogP contribution in [0.15, 0.2) is 0 Å². The van der Waals surface area contributed by atoms with Crippen LogP contribution in [0, 0.1) is 0 Å². The number of nitrogens with zero attached hydrogens (tertiary/aromatic N) is 1. The zero-order chi connectivity index (χ0) is 14.8. The van der Waals surface area contributed by atoms with E-state index in [4.69, 9.17) is 0 Å². The maximum absolute atomic E-state index is 9.70. The van der Waals surface area contributed by atoms with E-state index in [9.17, 15) is 5.11 Å². The van der Waals surface area contributed by atoms with Gasteiger partial charge in [-0.15, -0.1) is 0 Å². The van der Waals surface area contributed by atoms with Crippen LogP contribution in [0.3, 0.4) is 0 Å². The van der Waals surface area contributed by atoms with Crippen LogP contribution in [0.2, 0.25) is 0 Å². The number of nitrogens with one attached hydrogen (secondary N) is 1. The molecular weight excluding hydrogens is 248 g/mol. The molecular formula is C17H36N2O. The highest BCUT2D eigenvalue weighted by Crippen LogP contribution is 2.24. The van der Waals surface area contributed by atoms with E-state index in [2.05, 4.69) is 31.0 Å². The third-order valence-electron chi connectivity index (χ3n) is 5.13. The van der Waals surface area contributed by atoms with Crippen molar-refractivity contribution in [2.24, 2.45) is 0 Å². The highest BCUT2D eigenvalue weighted by Gasteiger charge is 2.26. The summed E-state index contributed by atoms with van der Waals surface area (Å²) >= 11 is 0. The summed E-state index contributed by atoms with van der Waals surface area (Å²) in [6.07, 6.45) is 10.3. The normalized spacial score (nSPS) is 20.2. The Morgan fingerprint density at radius 1 is 1.15 bits per heavy atom. The van der Waals surface area contributed by atoms with Gasteiger partial charge in [0.15, 0.2) is 0 Å². The summed E-state index contributed by atoms with van der Waals surface area (Å²) in [6, 6.07) is 0.818. The lowest BCUT2D eigenvalue weighted by Gasteiger charge is -2.36. The first-order valence-electron chi connectivity index (χ1n) is 8.81. The Balaban J connectivity index is 2.38. The second-order valence-corrected chi connectivity index (χ2v) is 6.35.